The van der Waals surface area contributed by atoms with Crippen molar-refractivity contribution in [2.75, 3.05) is 19.6 Å². The zero-order chi connectivity index (χ0) is 10.6. The Kier molecular flexibility index (Phi) is 4.90. The Balaban J connectivity index is 2.49. The Labute approximate surface area is 88.8 Å². The molecule has 0 bridgehead atoms. The molecule has 2 atom stereocenters. The minimum absolute atomic E-state index is 0.758. The van der Waals surface area contributed by atoms with Crippen molar-refractivity contribution in [2.24, 2.45) is 17.6 Å². The second-order valence-electron chi connectivity index (χ2n) is 4.98. The van der Waals surface area contributed by atoms with Crippen LogP contribution in [0, 0.1) is 11.8 Å². The van der Waals surface area contributed by atoms with Crippen LogP contribution in [0.15, 0.2) is 0 Å². The minimum Gasteiger partial charge on any atom is -0.330 e. The normalized spacial score (nSPS) is 27.9. The lowest BCUT2D eigenvalue weighted by atomic mass is 10.0. The minimum atomic E-state index is 0.758. The van der Waals surface area contributed by atoms with E-state index in [4.69, 9.17) is 5.73 Å². The molecule has 1 aliphatic rings. The highest BCUT2D eigenvalue weighted by molar-refractivity contribution is 4.85. The summed E-state index contributed by atoms with van der Waals surface area (Å²) in [7, 11) is 0. The Bertz CT molecular complexity index is 156. The van der Waals surface area contributed by atoms with Crippen molar-refractivity contribution >= 4 is 0 Å². The van der Waals surface area contributed by atoms with Crippen LogP contribution in [0.2, 0.25) is 0 Å². The molecule has 0 aromatic carbocycles. The summed E-state index contributed by atoms with van der Waals surface area (Å²) in [5, 5.41) is 0. The molecule has 2 unspecified atom stereocenters. The molecule has 0 amide bonds. The van der Waals surface area contributed by atoms with Gasteiger partial charge in [0.1, 0.15) is 0 Å². The predicted molar refractivity (Wildman–Crippen MR) is 62.3 cm³/mol. The molecular formula is C12H26N2. The van der Waals surface area contributed by atoms with Crippen molar-refractivity contribution in [1.29, 1.82) is 0 Å². The topological polar surface area (TPSA) is 29.3 Å². The fraction of sp³-hybridized carbons (Fsp3) is 1.00. The molecule has 1 rings (SSSR count). The summed E-state index contributed by atoms with van der Waals surface area (Å²) in [6.45, 7) is 10.2. The van der Waals surface area contributed by atoms with Gasteiger partial charge in [-0.15, -0.1) is 0 Å². The molecule has 14 heavy (non-hydrogen) atoms. The standard InChI is InChI=1S/C12H26N2/c1-4-14(9-10(2)3)12-7-5-6-11(12)8-13/h10-12H,4-9,13H2,1-3H3. The van der Waals surface area contributed by atoms with Crippen LogP contribution in [0.5, 0.6) is 0 Å². The average Bonchev–Trinajstić information content (AvgIpc) is 2.61. The van der Waals surface area contributed by atoms with Crippen LogP contribution in [0.25, 0.3) is 0 Å². The maximum absolute atomic E-state index is 5.82. The predicted octanol–water partition coefficient (Wildman–Crippen LogP) is 2.09. The van der Waals surface area contributed by atoms with Crippen LogP contribution in [0.4, 0.5) is 0 Å². The van der Waals surface area contributed by atoms with Crippen molar-refractivity contribution in [3.63, 3.8) is 0 Å². The van der Waals surface area contributed by atoms with Gasteiger partial charge in [-0.25, -0.2) is 0 Å². The monoisotopic (exact) mass is 198 g/mol. The Morgan fingerprint density at radius 1 is 1.36 bits per heavy atom. The van der Waals surface area contributed by atoms with Gasteiger partial charge >= 0.3 is 0 Å². The van der Waals surface area contributed by atoms with Crippen molar-refractivity contribution in [2.45, 2.75) is 46.1 Å². The molecule has 0 aliphatic heterocycles. The first-order valence-corrected chi connectivity index (χ1v) is 6.13. The van der Waals surface area contributed by atoms with Gasteiger partial charge in [-0.2, -0.15) is 0 Å². The Hall–Kier alpha value is -0.0800. The number of nitrogens with zero attached hydrogens (tertiary/aromatic N) is 1. The highest BCUT2D eigenvalue weighted by Gasteiger charge is 2.30. The van der Waals surface area contributed by atoms with Crippen LogP contribution in [0.3, 0.4) is 0 Å². The van der Waals surface area contributed by atoms with E-state index in [0.29, 0.717) is 0 Å². The van der Waals surface area contributed by atoms with Gasteiger partial charge < -0.3 is 10.6 Å². The van der Waals surface area contributed by atoms with Crippen molar-refractivity contribution in [3.05, 3.63) is 0 Å². The van der Waals surface area contributed by atoms with Gasteiger partial charge in [-0.1, -0.05) is 27.2 Å². The molecule has 84 valence electrons. The molecule has 1 saturated carbocycles. The summed E-state index contributed by atoms with van der Waals surface area (Å²) >= 11 is 0. The molecule has 0 aromatic rings. The lowest BCUT2D eigenvalue weighted by Gasteiger charge is -2.33. The van der Waals surface area contributed by atoms with E-state index >= 15 is 0 Å². The molecule has 2 nitrogen and oxygen atoms in total. The van der Waals surface area contributed by atoms with Crippen LogP contribution in [-0.2, 0) is 0 Å². The van der Waals surface area contributed by atoms with Crippen LogP contribution in [0.1, 0.15) is 40.0 Å². The van der Waals surface area contributed by atoms with E-state index in [1.54, 1.807) is 0 Å². The van der Waals surface area contributed by atoms with Gasteiger partial charge in [-0.3, -0.25) is 0 Å². The molecule has 0 spiro atoms. The van der Waals surface area contributed by atoms with Gasteiger partial charge in [0.2, 0.25) is 0 Å². The van der Waals surface area contributed by atoms with Crippen LogP contribution in [-0.4, -0.2) is 30.6 Å². The molecule has 0 heterocycles. The van der Waals surface area contributed by atoms with E-state index < -0.39 is 0 Å². The van der Waals surface area contributed by atoms with E-state index in [2.05, 4.69) is 25.7 Å². The van der Waals surface area contributed by atoms with E-state index in [0.717, 1.165) is 24.4 Å². The van der Waals surface area contributed by atoms with Gasteiger partial charge in [0, 0.05) is 12.6 Å². The fourth-order valence-corrected chi connectivity index (χ4v) is 2.74. The quantitative estimate of drug-likeness (QED) is 0.733. The van der Waals surface area contributed by atoms with Crippen molar-refractivity contribution < 1.29 is 0 Å². The average molecular weight is 198 g/mol. The highest BCUT2D eigenvalue weighted by Crippen LogP contribution is 2.29. The van der Waals surface area contributed by atoms with Crippen molar-refractivity contribution in [3.8, 4) is 0 Å². The van der Waals surface area contributed by atoms with Gasteiger partial charge in [-0.05, 0) is 37.8 Å². The molecular weight excluding hydrogens is 172 g/mol. The van der Waals surface area contributed by atoms with Crippen molar-refractivity contribution in [1.82, 2.24) is 4.90 Å². The van der Waals surface area contributed by atoms with Gasteiger partial charge in [0.25, 0.3) is 0 Å². The maximum atomic E-state index is 5.82. The molecule has 0 aromatic heterocycles. The maximum Gasteiger partial charge on any atom is 0.0135 e. The first-order valence-electron chi connectivity index (χ1n) is 6.13. The van der Waals surface area contributed by atoms with E-state index in [1.807, 2.05) is 0 Å². The molecule has 0 saturated heterocycles. The largest absolute Gasteiger partial charge is 0.330 e. The summed E-state index contributed by atoms with van der Waals surface area (Å²) in [6, 6.07) is 0.771. The molecule has 2 N–H and O–H groups in total. The zero-order valence-corrected chi connectivity index (χ0v) is 10.00. The number of nitrogens with two attached hydrogens (primary N) is 1. The second-order valence-corrected chi connectivity index (χ2v) is 4.98. The third-order valence-electron chi connectivity index (χ3n) is 3.40. The summed E-state index contributed by atoms with van der Waals surface area (Å²) in [4.78, 5) is 2.63. The lowest BCUT2D eigenvalue weighted by Crippen LogP contribution is -2.42. The molecule has 0 radical (unpaired) electrons. The number of hydrogen-bond acceptors (Lipinski definition) is 2. The van der Waals surface area contributed by atoms with E-state index in [-0.39, 0.29) is 0 Å². The fourth-order valence-electron chi connectivity index (χ4n) is 2.74. The van der Waals surface area contributed by atoms with Crippen LogP contribution < -0.4 is 5.73 Å². The lowest BCUT2D eigenvalue weighted by molar-refractivity contribution is 0.152. The third kappa shape index (κ3) is 2.96. The van der Waals surface area contributed by atoms with Crippen LogP contribution >= 0.6 is 0 Å². The highest BCUT2D eigenvalue weighted by atomic mass is 15.2. The number of hydrogen-bond donors (Lipinski definition) is 1. The molecule has 1 aliphatic carbocycles. The first kappa shape index (κ1) is 12.0. The molecule has 1 fully saturated rings. The number of rotatable bonds is 5. The summed E-state index contributed by atoms with van der Waals surface area (Å²) in [6.07, 6.45) is 4.08. The third-order valence-corrected chi connectivity index (χ3v) is 3.40. The first-order chi connectivity index (χ1) is 6.69. The van der Waals surface area contributed by atoms with E-state index in [1.165, 1.54) is 32.4 Å². The second kappa shape index (κ2) is 5.72. The van der Waals surface area contributed by atoms with Gasteiger partial charge in [0.15, 0.2) is 0 Å². The smallest absolute Gasteiger partial charge is 0.0135 e. The van der Waals surface area contributed by atoms with Gasteiger partial charge in [0.05, 0.1) is 0 Å². The SMILES string of the molecule is CCN(CC(C)C)C1CCCC1CN. The molecule has 2 heteroatoms. The van der Waals surface area contributed by atoms with E-state index in [9.17, 15) is 0 Å². The zero-order valence-electron chi connectivity index (χ0n) is 10.00. The summed E-state index contributed by atoms with van der Waals surface area (Å²) in [5.41, 5.74) is 5.82. The Morgan fingerprint density at radius 3 is 2.57 bits per heavy atom. The summed E-state index contributed by atoms with van der Waals surface area (Å²) < 4.78 is 0. The summed E-state index contributed by atoms with van der Waals surface area (Å²) in [5.74, 6) is 1.53. The Morgan fingerprint density at radius 2 is 2.07 bits per heavy atom.